The van der Waals surface area contributed by atoms with Crippen LogP contribution in [0.4, 0.5) is 10.5 Å². The number of hydrogen-bond donors (Lipinski definition) is 2. The number of hydrogen-bond acceptors (Lipinski definition) is 9. The van der Waals surface area contributed by atoms with E-state index in [2.05, 4.69) is 15.6 Å². The van der Waals surface area contributed by atoms with Gasteiger partial charge in [0.2, 0.25) is 12.7 Å². The summed E-state index contributed by atoms with van der Waals surface area (Å²) in [6.45, 7) is 7.95. The molecule has 0 radical (unpaired) electrons. The largest absolute Gasteiger partial charge is 0.455 e. The molecule has 2 N–H and O–H groups in total. The molecule has 12 nitrogen and oxygen atoms in total. The van der Waals surface area contributed by atoms with E-state index in [9.17, 15) is 24.5 Å². The van der Waals surface area contributed by atoms with Crippen LogP contribution < -0.4 is 15.4 Å². The molecule has 0 aliphatic heterocycles. The molecule has 2 aromatic rings. The van der Waals surface area contributed by atoms with Crippen molar-refractivity contribution in [3.8, 4) is 5.75 Å². The predicted octanol–water partition coefficient (Wildman–Crippen LogP) is 3.08. The Morgan fingerprint density at radius 3 is 2.51 bits per heavy atom. The van der Waals surface area contributed by atoms with Crippen LogP contribution >= 0.6 is 0 Å². The Bertz CT molecular complexity index is 1080. The summed E-state index contributed by atoms with van der Waals surface area (Å²) in [5.41, 5.74) is -0.607. The van der Waals surface area contributed by atoms with Gasteiger partial charge in [-0.2, -0.15) is 0 Å². The number of aromatic nitrogens is 1. The Morgan fingerprint density at radius 2 is 1.89 bits per heavy atom. The molecule has 0 aliphatic carbocycles. The number of nitro benzene ring substituents is 1. The third-order valence-corrected chi connectivity index (χ3v) is 4.46. The van der Waals surface area contributed by atoms with E-state index >= 15 is 0 Å². The van der Waals surface area contributed by atoms with Crippen molar-refractivity contribution in [1.29, 1.82) is 0 Å². The second-order valence-electron chi connectivity index (χ2n) is 9.06. The molecule has 1 aromatic carbocycles. The van der Waals surface area contributed by atoms with Crippen LogP contribution in [0.25, 0.3) is 10.9 Å². The number of carbonyl (C=O) groups excluding carboxylic acids is 3. The smallest absolute Gasteiger partial charge is 0.408 e. The maximum absolute atomic E-state index is 12.5. The van der Waals surface area contributed by atoms with Crippen LogP contribution in [-0.4, -0.2) is 52.9 Å². The van der Waals surface area contributed by atoms with Gasteiger partial charge in [-0.1, -0.05) is 13.8 Å². The van der Waals surface area contributed by atoms with Crippen LogP contribution in [0, 0.1) is 16.0 Å². The third-order valence-electron chi connectivity index (χ3n) is 4.46. The standard InChI is InChI=1S/C23H30N4O8/c1-14(2)11-16(26-22(30)35-23(3,4)5)21(29)25-12-19(28)34-13-33-18-9-8-17(27(31)32)15-7-6-10-24-20(15)18/h6-10,14,16H,11-13H2,1-5H3,(H,25,29)(H,26,30). The Kier molecular flexibility index (Phi) is 9.32. The number of pyridine rings is 1. The van der Waals surface area contributed by atoms with E-state index < -0.39 is 47.9 Å². The number of amides is 2. The fourth-order valence-corrected chi connectivity index (χ4v) is 3.05. The van der Waals surface area contributed by atoms with Gasteiger partial charge in [0.1, 0.15) is 29.5 Å². The summed E-state index contributed by atoms with van der Waals surface area (Å²) in [5.74, 6) is -1.06. The zero-order valence-corrected chi connectivity index (χ0v) is 20.3. The molecule has 1 atom stereocenters. The summed E-state index contributed by atoms with van der Waals surface area (Å²) in [6.07, 6.45) is 1.06. The lowest BCUT2D eigenvalue weighted by Gasteiger charge is -2.24. The molecule has 0 saturated carbocycles. The average molecular weight is 491 g/mol. The number of nitro groups is 1. The number of benzene rings is 1. The highest BCUT2D eigenvalue weighted by Crippen LogP contribution is 2.31. The van der Waals surface area contributed by atoms with Crippen LogP contribution in [0.2, 0.25) is 0 Å². The highest BCUT2D eigenvalue weighted by molar-refractivity contribution is 5.92. The molecule has 2 amide bonds. The molecule has 1 aromatic heterocycles. The summed E-state index contributed by atoms with van der Waals surface area (Å²) in [7, 11) is 0. The number of non-ortho nitro benzene ring substituents is 1. The maximum atomic E-state index is 12.5. The van der Waals surface area contributed by atoms with Gasteiger partial charge < -0.3 is 24.8 Å². The van der Waals surface area contributed by atoms with Crippen molar-refractivity contribution < 1.29 is 33.5 Å². The van der Waals surface area contributed by atoms with Crippen molar-refractivity contribution in [2.45, 2.75) is 52.7 Å². The number of nitrogens with zero attached hydrogens (tertiary/aromatic N) is 2. The molecule has 0 bridgehead atoms. The highest BCUT2D eigenvalue weighted by atomic mass is 16.7. The van der Waals surface area contributed by atoms with Crippen LogP contribution in [0.3, 0.4) is 0 Å². The van der Waals surface area contributed by atoms with Crippen molar-refractivity contribution in [3.63, 3.8) is 0 Å². The number of carbonyl (C=O) groups is 3. The quantitative estimate of drug-likeness (QED) is 0.221. The van der Waals surface area contributed by atoms with Gasteiger partial charge in [0.25, 0.3) is 5.69 Å². The lowest BCUT2D eigenvalue weighted by Crippen LogP contribution is -2.49. The Morgan fingerprint density at radius 1 is 1.17 bits per heavy atom. The molecule has 0 spiro atoms. The lowest BCUT2D eigenvalue weighted by atomic mass is 10.0. The second kappa shape index (κ2) is 12.0. The van der Waals surface area contributed by atoms with Crippen molar-refractivity contribution in [2.24, 2.45) is 5.92 Å². The number of ether oxygens (including phenoxy) is 3. The molecular weight excluding hydrogens is 460 g/mol. The van der Waals surface area contributed by atoms with Gasteiger partial charge in [-0.3, -0.25) is 24.7 Å². The third kappa shape index (κ3) is 8.72. The number of esters is 1. The highest BCUT2D eigenvalue weighted by Gasteiger charge is 2.25. The molecule has 0 aliphatic rings. The van der Waals surface area contributed by atoms with E-state index in [4.69, 9.17) is 14.2 Å². The van der Waals surface area contributed by atoms with E-state index in [1.807, 2.05) is 13.8 Å². The second-order valence-corrected chi connectivity index (χ2v) is 9.06. The first-order chi connectivity index (χ1) is 16.4. The van der Waals surface area contributed by atoms with E-state index in [1.54, 1.807) is 26.8 Å². The molecule has 35 heavy (non-hydrogen) atoms. The number of alkyl carbamates (subject to hydrolysis) is 1. The molecule has 1 heterocycles. The normalized spacial score (nSPS) is 12.1. The van der Waals surface area contributed by atoms with E-state index in [0.29, 0.717) is 6.42 Å². The minimum absolute atomic E-state index is 0.0890. The summed E-state index contributed by atoms with van der Waals surface area (Å²) < 4.78 is 15.6. The van der Waals surface area contributed by atoms with Gasteiger partial charge >= 0.3 is 12.1 Å². The van der Waals surface area contributed by atoms with Crippen molar-refractivity contribution in [3.05, 3.63) is 40.6 Å². The maximum Gasteiger partial charge on any atom is 0.408 e. The minimum Gasteiger partial charge on any atom is -0.455 e. The molecule has 2 rings (SSSR count). The van der Waals surface area contributed by atoms with Crippen molar-refractivity contribution >= 4 is 34.6 Å². The Labute approximate surface area is 202 Å². The van der Waals surface area contributed by atoms with Crippen molar-refractivity contribution in [2.75, 3.05) is 13.3 Å². The molecule has 1 unspecified atom stereocenters. The van der Waals surface area contributed by atoms with Crippen molar-refractivity contribution in [1.82, 2.24) is 15.6 Å². The zero-order valence-electron chi connectivity index (χ0n) is 20.3. The van der Waals surface area contributed by atoms with Gasteiger partial charge in [-0.05, 0) is 51.3 Å². The topological polar surface area (TPSA) is 159 Å². The van der Waals surface area contributed by atoms with Crippen LogP contribution in [-0.2, 0) is 19.1 Å². The SMILES string of the molecule is CC(C)CC(NC(=O)OC(C)(C)C)C(=O)NCC(=O)OCOc1ccc([N+](=O)[O-])c2cccnc12. The first-order valence-electron chi connectivity index (χ1n) is 10.9. The fraction of sp³-hybridized carbons (Fsp3) is 0.478. The molecular formula is C23H30N4O8. The lowest BCUT2D eigenvalue weighted by molar-refractivity contribution is -0.383. The summed E-state index contributed by atoms with van der Waals surface area (Å²) in [5, 5.41) is 16.4. The van der Waals surface area contributed by atoms with Gasteiger partial charge in [0.15, 0.2) is 0 Å². The van der Waals surface area contributed by atoms with Gasteiger partial charge in [-0.25, -0.2) is 4.79 Å². The number of nitrogens with one attached hydrogen (secondary N) is 2. The summed E-state index contributed by atoms with van der Waals surface area (Å²) in [6, 6.07) is 4.83. The molecule has 190 valence electrons. The average Bonchev–Trinajstić information content (AvgIpc) is 2.75. The van der Waals surface area contributed by atoms with Gasteiger partial charge in [-0.15, -0.1) is 0 Å². The summed E-state index contributed by atoms with van der Waals surface area (Å²) >= 11 is 0. The first-order valence-corrected chi connectivity index (χ1v) is 10.9. The monoisotopic (exact) mass is 490 g/mol. The van der Waals surface area contributed by atoms with Crippen LogP contribution in [0.5, 0.6) is 5.75 Å². The molecule has 0 saturated heterocycles. The van der Waals surface area contributed by atoms with E-state index in [1.165, 1.54) is 24.4 Å². The number of fused-ring (bicyclic) bond motifs is 1. The molecule has 0 fully saturated rings. The van der Waals surface area contributed by atoms with Gasteiger partial charge in [0, 0.05) is 12.3 Å². The minimum atomic E-state index is -0.897. The number of rotatable bonds is 10. The fourth-order valence-electron chi connectivity index (χ4n) is 3.05. The Hall–Kier alpha value is -3.96. The first kappa shape index (κ1) is 27.3. The predicted molar refractivity (Wildman–Crippen MR) is 126 cm³/mol. The van der Waals surface area contributed by atoms with Crippen LogP contribution in [0.15, 0.2) is 30.5 Å². The Balaban J connectivity index is 1.90. The van der Waals surface area contributed by atoms with Gasteiger partial charge in [0.05, 0.1) is 10.3 Å². The molecule has 12 heteroatoms. The van der Waals surface area contributed by atoms with Crippen LogP contribution in [0.1, 0.15) is 41.0 Å². The van der Waals surface area contributed by atoms with E-state index in [0.717, 1.165) is 0 Å². The van der Waals surface area contributed by atoms with E-state index in [-0.39, 0.29) is 28.3 Å². The zero-order chi connectivity index (χ0) is 26.2. The summed E-state index contributed by atoms with van der Waals surface area (Å²) in [4.78, 5) is 51.4.